The van der Waals surface area contributed by atoms with Gasteiger partial charge in [-0.15, -0.1) is 0 Å². The summed E-state index contributed by atoms with van der Waals surface area (Å²) in [5.74, 6) is 0.915. The summed E-state index contributed by atoms with van der Waals surface area (Å²) in [4.78, 5) is 10.2. The maximum atomic E-state index is 5.16. The highest BCUT2D eigenvalue weighted by atomic mass is 28.3. The number of rotatable bonds is 9. The number of aromatic nitrogens is 2. The third-order valence-corrected chi connectivity index (χ3v) is 19.8. The van der Waals surface area contributed by atoms with Crippen molar-refractivity contribution in [3.8, 4) is 5.82 Å². The summed E-state index contributed by atoms with van der Waals surface area (Å²) in [6.07, 6.45) is 1.99. The lowest BCUT2D eigenvalue weighted by molar-refractivity contribution is 0.568. The Morgan fingerprint density at radius 2 is 0.914 bits per heavy atom. The van der Waals surface area contributed by atoms with Crippen molar-refractivity contribution in [2.75, 3.05) is 16.5 Å². The second-order valence-electron chi connectivity index (χ2n) is 21.8. The molecule has 0 saturated heterocycles. The van der Waals surface area contributed by atoms with Crippen LogP contribution in [0.2, 0.25) is 0 Å². The van der Waals surface area contributed by atoms with Crippen molar-refractivity contribution >= 4 is 73.4 Å². The van der Waals surface area contributed by atoms with Crippen molar-refractivity contribution < 1.29 is 0 Å². The first-order chi connectivity index (χ1) is 33.7. The number of hydrogen-bond acceptors (Lipinski definition) is 3. The Bertz CT molecular complexity index is 3450. The second-order valence-corrected chi connectivity index (χ2v) is 25.6. The molecular weight excluding hydrogens is 865 g/mol. The van der Waals surface area contributed by atoms with E-state index in [-0.39, 0.29) is 16.2 Å². The summed E-state index contributed by atoms with van der Waals surface area (Å²) in [5, 5.41) is 7.74. The van der Waals surface area contributed by atoms with Crippen LogP contribution in [0.15, 0.2) is 219 Å². The quantitative estimate of drug-likeness (QED) is 0.106. The zero-order chi connectivity index (χ0) is 48.4. The molecule has 0 bridgehead atoms. The minimum Gasteiger partial charge on any atom is -0.321 e. The number of fused-ring (bicyclic) bond motifs is 4. The number of pyridine rings is 1. The molecule has 346 valence electrons. The molecule has 0 aliphatic carbocycles. The van der Waals surface area contributed by atoms with Gasteiger partial charge in [-0.1, -0.05) is 207 Å². The Kier molecular flexibility index (Phi) is 11.0. The molecule has 3 heterocycles. The molecule has 4 nitrogen and oxygen atoms in total. The van der Waals surface area contributed by atoms with Gasteiger partial charge in [0.1, 0.15) is 12.5 Å². The minimum atomic E-state index is -3.06. The topological polar surface area (TPSA) is 24.3 Å². The lowest BCUT2D eigenvalue weighted by Crippen LogP contribution is -2.74. The number of benzene rings is 8. The van der Waals surface area contributed by atoms with Gasteiger partial charge in [0.25, 0.3) is 0 Å². The van der Waals surface area contributed by atoms with Crippen LogP contribution >= 0.6 is 0 Å². The molecule has 0 radical (unpaired) electrons. The first-order valence-electron chi connectivity index (χ1n) is 24.8. The van der Waals surface area contributed by atoms with Crippen LogP contribution in [0, 0.1) is 0 Å². The van der Waals surface area contributed by atoms with Crippen LogP contribution in [0.5, 0.6) is 0 Å². The van der Waals surface area contributed by atoms with Gasteiger partial charge in [0.15, 0.2) is 8.07 Å². The Morgan fingerprint density at radius 1 is 0.386 bits per heavy atom. The Morgan fingerprint density at radius 3 is 1.54 bits per heavy atom. The third-order valence-electron chi connectivity index (χ3n) is 15.0. The average Bonchev–Trinajstić information content (AvgIpc) is 3.93. The first kappa shape index (κ1) is 45.0. The molecule has 0 unspecified atom stereocenters. The lowest BCUT2D eigenvalue weighted by Gasteiger charge is -2.35. The van der Waals surface area contributed by atoms with Crippen LogP contribution in [0.3, 0.4) is 0 Å². The fourth-order valence-corrected chi connectivity index (χ4v) is 15.8. The largest absolute Gasteiger partial charge is 0.321 e. The van der Waals surface area contributed by atoms with Crippen LogP contribution < -0.4 is 30.5 Å². The highest BCUT2D eigenvalue weighted by Crippen LogP contribution is 2.46. The van der Waals surface area contributed by atoms with E-state index >= 15 is 0 Å². The molecule has 70 heavy (non-hydrogen) atoms. The standard InChI is InChI=1S/C65H62N4Si/c1-63(2,3)48-39-49(64(4,5)6)41-51(40-48)68-45-67(59-33-20-21-34-60(59)68)50-25-22-30-54(43-50)70(52-26-14-10-15-27-52,53-28-16-11-17-29-53)55-35-36-57-56-31-18-19-32-58(56)69(61(57)44-55)62-42-47(37-38-66-62)65(7,8)46-23-12-9-13-24-46/h9-44H,45H2,1-8H3. The molecule has 2 aromatic heterocycles. The van der Waals surface area contributed by atoms with Gasteiger partial charge in [-0.2, -0.15) is 0 Å². The molecule has 0 saturated carbocycles. The van der Waals surface area contributed by atoms with Crippen LogP contribution in [0.1, 0.15) is 77.6 Å². The molecule has 0 spiro atoms. The van der Waals surface area contributed by atoms with Gasteiger partial charge in [0.2, 0.25) is 0 Å². The van der Waals surface area contributed by atoms with Gasteiger partial charge in [0.05, 0.1) is 22.4 Å². The van der Waals surface area contributed by atoms with Crippen molar-refractivity contribution in [3.05, 3.63) is 241 Å². The van der Waals surface area contributed by atoms with E-state index in [0.717, 1.165) is 16.9 Å². The monoisotopic (exact) mass is 926 g/mol. The van der Waals surface area contributed by atoms with E-state index in [1.165, 1.54) is 76.5 Å². The van der Waals surface area contributed by atoms with Crippen molar-refractivity contribution in [3.63, 3.8) is 0 Å². The van der Waals surface area contributed by atoms with Crippen LogP contribution in [-0.4, -0.2) is 24.3 Å². The third kappa shape index (κ3) is 7.64. The van der Waals surface area contributed by atoms with Crippen molar-refractivity contribution in [1.29, 1.82) is 0 Å². The molecular formula is C65H62N4Si. The lowest BCUT2D eigenvalue weighted by atomic mass is 9.78. The van der Waals surface area contributed by atoms with Crippen LogP contribution in [0.4, 0.5) is 22.7 Å². The molecule has 1 aliphatic heterocycles. The van der Waals surface area contributed by atoms with Gasteiger partial charge in [0, 0.05) is 33.8 Å². The fraction of sp³-hybridized carbons (Fsp3) is 0.185. The maximum absolute atomic E-state index is 5.16. The van der Waals surface area contributed by atoms with Crippen LogP contribution in [0.25, 0.3) is 27.6 Å². The highest BCUT2D eigenvalue weighted by molar-refractivity contribution is 7.20. The molecule has 5 heteroatoms. The van der Waals surface area contributed by atoms with E-state index in [0.29, 0.717) is 6.67 Å². The molecule has 0 N–H and O–H groups in total. The SMILES string of the molecule is CC(C)(C)c1cc(N2CN(c3cccc([Si](c4ccccc4)(c4ccccc4)c4ccc5c6ccccc6n(-c6cc(C(C)(C)c7ccccc7)ccn6)c5c4)c3)c3ccccc32)cc(C(C)(C)C)c1. The first-order valence-corrected chi connectivity index (χ1v) is 26.8. The molecule has 0 atom stereocenters. The van der Waals surface area contributed by atoms with Gasteiger partial charge in [-0.3, -0.25) is 4.57 Å². The zero-order valence-electron chi connectivity index (χ0n) is 41.8. The van der Waals surface area contributed by atoms with Crippen molar-refractivity contribution in [2.24, 2.45) is 0 Å². The Hall–Kier alpha value is -7.47. The maximum Gasteiger partial charge on any atom is 0.179 e. The predicted octanol–water partition coefficient (Wildman–Crippen LogP) is 13.7. The fourth-order valence-electron chi connectivity index (χ4n) is 11.0. The van der Waals surface area contributed by atoms with Crippen LogP contribution in [-0.2, 0) is 16.2 Å². The molecule has 8 aromatic carbocycles. The Balaban J connectivity index is 1.11. The summed E-state index contributed by atoms with van der Waals surface area (Å²) in [7, 11) is -3.06. The summed E-state index contributed by atoms with van der Waals surface area (Å²) >= 11 is 0. The number of anilines is 4. The second kappa shape index (κ2) is 17.2. The van der Waals surface area contributed by atoms with Crippen molar-refractivity contribution in [1.82, 2.24) is 9.55 Å². The average molecular weight is 927 g/mol. The van der Waals surface area contributed by atoms with Gasteiger partial charge < -0.3 is 9.80 Å². The summed E-state index contributed by atoms with van der Waals surface area (Å²) in [6, 6.07) is 79.7. The molecule has 10 aromatic rings. The van der Waals surface area contributed by atoms with Gasteiger partial charge in [-0.25, -0.2) is 4.98 Å². The van der Waals surface area contributed by atoms with E-state index in [9.17, 15) is 0 Å². The smallest absolute Gasteiger partial charge is 0.179 e. The predicted molar refractivity (Wildman–Crippen MR) is 300 cm³/mol. The zero-order valence-corrected chi connectivity index (χ0v) is 42.8. The van der Waals surface area contributed by atoms with Crippen molar-refractivity contribution in [2.45, 2.75) is 71.6 Å². The van der Waals surface area contributed by atoms with E-state index in [2.05, 4.69) is 282 Å². The minimum absolute atomic E-state index is 0.00329. The number of para-hydroxylation sites is 3. The van der Waals surface area contributed by atoms with Gasteiger partial charge >= 0.3 is 0 Å². The van der Waals surface area contributed by atoms with E-state index in [4.69, 9.17) is 4.98 Å². The molecule has 0 fully saturated rings. The normalized spacial score (nSPS) is 13.3. The summed E-state index contributed by atoms with van der Waals surface area (Å²) in [6.45, 7) is 19.3. The Labute approximate surface area is 415 Å². The number of nitrogens with zero attached hydrogens (tertiary/aromatic N) is 4. The number of hydrogen-bond donors (Lipinski definition) is 0. The van der Waals surface area contributed by atoms with E-state index in [1.807, 2.05) is 6.20 Å². The molecule has 1 aliphatic rings. The van der Waals surface area contributed by atoms with Gasteiger partial charge in [-0.05, 0) is 114 Å². The van der Waals surface area contributed by atoms with E-state index < -0.39 is 8.07 Å². The highest BCUT2D eigenvalue weighted by Gasteiger charge is 2.43. The molecule has 0 amide bonds. The van der Waals surface area contributed by atoms with E-state index in [1.54, 1.807) is 0 Å². The summed E-state index contributed by atoms with van der Waals surface area (Å²) in [5.41, 5.74) is 12.1. The molecule has 11 rings (SSSR count). The summed E-state index contributed by atoms with van der Waals surface area (Å²) < 4.78 is 2.40.